The summed E-state index contributed by atoms with van der Waals surface area (Å²) in [6, 6.07) is 0. The molecule has 0 atom stereocenters. The zero-order chi connectivity index (χ0) is 12.4. The van der Waals surface area contributed by atoms with Gasteiger partial charge in [0.1, 0.15) is 5.01 Å². The molecule has 0 amide bonds. The summed E-state index contributed by atoms with van der Waals surface area (Å²) in [6.07, 6.45) is 3.87. The normalized spacial score (nSPS) is 11.4. The largest absolute Gasteiger partial charge is 0.315 e. The van der Waals surface area contributed by atoms with Crippen molar-refractivity contribution in [2.45, 2.75) is 26.3 Å². The van der Waals surface area contributed by atoms with Crippen LogP contribution >= 0.6 is 11.3 Å². The first-order valence-corrected chi connectivity index (χ1v) is 6.56. The Morgan fingerprint density at radius 2 is 2.24 bits per heavy atom. The summed E-state index contributed by atoms with van der Waals surface area (Å²) in [7, 11) is 3.89. The molecule has 0 aromatic carbocycles. The molecule has 0 fully saturated rings. The van der Waals surface area contributed by atoms with Crippen LogP contribution in [0.4, 0.5) is 0 Å². The molecular formula is C12H18N4S. The van der Waals surface area contributed by atoms with Gasteiger partial charge >= 0.3 is 0 Å². The van der Waals surface area contributed by atoms with E-state index in [-0.39, 0.29) is 0 Å². The first-order chi connectivity index (χ1) is 8.11. The number of aryl methyl sites for hydroxylation is 1. The molecule has 1 N–H and O–H groups in total. The number of nitrogens with one attached hydrogen (secondary N) is 1. The SMILES string of the molecule is CNCc1sc(-c2cnn(C)c2)nc1C(C)C. The molecular weight excluding hydrogens is 232 g/mol. The number of hydrogen-bond donors (Lipinski definition) is 1. The van der Waals surface area contributed by atoms with Crippen molar-refractivity contribution in [3.8, 4) is 10.6 Å². The molecule has 0 radical (unpaired) electrons. The van der Waals surface area contributed by atoms with Crippen LogP contribution in [-0.2, 0) is 13.6 Å². The number of aromatic nitrogens is 3. The van der Waals surface area contributed by atoms with Crippen LogP contribution < -0.4 is 5.32 Å². The van der Waals surface area contributed by atoms with Gasteiger partial charge < -0.3 is 5.32 Å². The Balaban J connectivity index is 2.39. The van der Waals surface area contributed by atoms with Gasteiger partial charge in [-0.2, -0.15) is 5.10 Å². The molecule has 2 rings (SSSR count). The fraction of sp³-hybridized carbons (Fsp3) is 0.500. The van der Waals surface area contributed by atoms with Crippen molar-refractivity contribution in [1.82, 2.24) is 20.1 Å². The van der Waals surface area contributed by atoms with Crippen molar-refractivity contribution in [3.63, 3.8) is 0 Å². The van der Waals surface area contributed by atoms with Crippen LogP contribution in [0, 0.1) is 0 Å². The van der Waals surface area contributed by atoms with E-state index in [9.17, 15) is 0 Å². The van der Waals surface area contributed by atoms with E-state index in [1.165, 1.54) is 10.6 Å². The van der Waals surface area contributed by atoms with Gasteiger partial charge in [-0.05, 0) is 13.0 Å². The molecule has 0 aliphatic rings. The van der Waals surface area contributed by atoms with Gasteiger partial charge in [0.25, 0.3) is 0 Å². The van der Waals surface area contributed by atoms with E-state index in [0.717, 1.165) is 17.1 Å². The highest BCUT2D eigenvalue weighted by Gasteiger charge is 2.15. The Bertz CT molecular complexity index is 498. The molecule has 0 spiro atoms. The average Bonchev–Trinajstić information content (AvgIpc) is 2.85. The smallest absolute Gasteiger partial charge is 0.127 e. The standard InChI is InChI=1S/C12H18N4S/c1-8(2)11-10(6-13-3)17-12(15-11)9-5-14-16(4)7-9/h5,7-8,13H,6H2,1-4H3. The number of thiazole rings is 1. The predicted molar refractivity (Wildman–Crippen MR) is 71.2 cm³/mol. The Hall–Kier alpha value is -1.20. The summed E-state index contributed by atoms with van der Waals surface area (Å²) in [5.74, 6) is 0.458. The van der Waals surface area contributed by atoms with E-state index in [2.05, 4.69) is 24.3 Å². The van der Waals surface area contributed by atoms with E-state index in [1.54, 1.807) is 11.3 Å². The lowest BCUT2D eigenvalue weighted by Gasteiger charge is -2.03. The van der Waals surface area contributed by atoms with E-state index in [0.29, 0.717) is 5.92 Å². The maximum Gasteiger partial charge on any atom is 0.127 e. The lowest BCUT2D eigenvalue weighted by atomic mass is 10.1. The molecule has 0 saturated carbocycles. The quantitative estimate of drug-likeness (QED) is 0.906. The Morgan fingerprint density at radius 3 is 2.76 bits per heavy atom. The lowest BCUT2D eigenvalue weighted by molar-refractivity contribution is 0.767. The summed E-state index contributed by atoms with van der Waals surface area (Å²) in [5, 5.41) is 8.45. The third-order valence-electron chi connectivity index (χ3n) is 2.56. The molecule has 92 valence electrons. The van der Waals surface area contributed by atoms with E-state index in [1.807, 2.05) is 31.2 Å². The molecule has 4 nitrogen and oxygen atoms in total. The van der Waals surface area contributed by atoms with Gasteiger partial charge in [0.15, 0.2) is 0 Å². The van der Waals surface area contributed by atoms with Gasteiger partial charge in [0, 0.05) is 30.2 Å². The maximum atomic E-state index is 4.74. The van der Waals surface area contributed by atoms with Gasteiger partial charge in [-0.15, -0.1) is 11.3 Å². The molecule has 0 aliphatic carbocycles. The average molecular weight is 250 g/mol. The van der Waals surface area contributed by atoms with E-state index < -0.39 is 0 Å². The fourth-order valence-corrected chi connectivity index (χ4v) is 2.96. The number of rotatable bonds is 4. The van der Waals surface area contributed by atoms with Gasteiger partial charge in [-0.3, -0.25) is 4.68 Å². The molecule has 0 aliphatic heterocycles. The third-order valence-corrected chi connectivity index (χ3v) is 3.68. The van der Waals surface area contributed by atoms with Gasteiger partial charge in [-0.25, -0.2) is 4.98 Å². The van der Waals surface area contributed by atoms with Gasteiger partial charge in [-0.1, -0.05) is 13.8 Å². The Morgan fingerprint density at radius 1 is 1.47 bits per heavy atom. The van der Waals surface area contributed by atoms with Crippen molar-refractivity contribution in [2.24, 2.45) is 7.05 Å². The molecule has 0 bridgehead atoms. The first-order valence-electron chi connectivity index (χ1n) is 5.75. The second-order valence-electron chi connectivity index (χ2n) is 4.42. The van der Waals surface area contributed by atoms with Crippen molar-refractivity contribution in [1.29, 1.82) is 0 Å². The summed E-state index contributed by atoms with van der Waals surface area (Å²) < 4.78 is 1.81. The maximum absolute atomic E-state index is 4.74. The molecule has 0 unspecified atom stereocenters. The minimum atomic E-state index is 0.458. The molecule has 2 heterocycles. The summed E-state index contributed by atoms with van der Waals surface area (Å²) in [6.45, 7) is 5.24. The molecule has 2 aromatic heterocycles. The van der Waals surface area contributed by atoms with Crippen LogP contribution in [0.1, 0.15) is 30.3 Å². The Kier molecular flexibility index (Phi) is 3.59. The zero-order valence-electron chi connectivity index (χ0n) is 10.7. The van der Waals surface area contributed by atoms with Crippen LogP contribution in [0.2, 0.25) is 0 Å². The summed E-state index contributed by atoms with van der Waals surface area (Å²) in [4.78, 5) is 6.06. The van der Waals surface area contributed by atoms with Crippen LogP contribution in [0.5, 0.6) is 0 Å². The highest BCUT2D eigenvalue weighted by atomic mass is 32.1. The lowest BCUT2D eigenvalue weighted by Crippen LogP contribution is -2.06. The van der Waals surface area contributed by atoms with Crippen LogP contribution in [0.15, 0.2) is 12.4 Å². The topological polar surface area (TPSA) is 42.7 Å². The monoisotopic (exact) mass is 250 g/mol. The summed E-state index contributed by atoms with van der Waals surface area (Å²) >= 11 is 1.75. The van der Waals surface area contributed by atoms with Crippen molar-refractivity contribution in [2.75, 3.05) is 7.05 Å². The predicted octanol–water partition coefficient (Wildman–Crippen LogP) is 2.39. The molecule has 17 heavy (non-hydrogen) atoms. The highest BCUT2D eigenvalue weighted by Crippen LogP contribution is 2.31. The second-order valence-corrected chi connectivity index (χ2v) is 5.50. The highest BCUT2D eigenvalue weighted by molar-refractivity contribution is 7.15. The minimum absolute atomic E-state index is 0.458. The van der Waals surface area contributed by atoms with Gasteiger partial charge in [0.05, 0.1) is 11.9 Å². The molecule has 5 heteroatoms. The van der Waals surface area contributed by atoms with Crippen LogP contribution in [0.25, 0.3) is 10.6 Å². The number of nitrogens with zero attached hydrogens (tertiary/aromatic N) is 3. The van der Waals surface area contributed by atoms with Crippen LogP contribution in [0.3, 0.4) is 0 Å². The zero-order valence-corrected chi connectivity index (χ0v) is 11.5. The first kappa shape index (κ1) is 12.3. The van der Waals surface area contributed by atoms with Gasteiger partial charge in [0.2, 0.25) is 0 Å². The summed E-state index contributed by atoms with van der Waals surface area (Å²) in [5.41, 5.74) is 2.30. The Labute approximate surface area is 106 Å². The number of hydrogen-bond acceptors (Lipinski definition) is 4. The third kappa shape index (κ3) is 2.56. The van der Waals surface area contributed by atoms with Crippen molar-refractivity contribution >= 4 is 11.3 Å². The van der Waals surface area contributed by atoms with E-state index >= 15 is 0 Å². The van der Waals surface area contributed by atoms with Crippen molar-refractivity contribution in [3.05, 3.63) is 23.0 Å². The fourth-order valence-electron chi connectivity index (χ4n) is 1.76. The molecule has 0 saturated heterocycles. The second kappa shape index (κ2) is 4.98. The van der Waals surface area contributed by atoms with Crippen molar-refractivity contribution < 1.29 is 0 Å². The molecule has 2 aromatic rings. The van der Waals surface area contributed by atoms with Crippen LogP contribution in [-0.4, -0.2) is 21.8 Å². The van der Waals surface area contributed by atoms with E-state index in [4.69, 9.17) is 4.98 Å². The minimum Gasteiger partial charge on any atom is -0.315 e.